The highest BCUT2D eigenvalue weighted by Crippen LogP contribution is 2.67. The average Bonchev–Trinajstić information content (AvgIpc) is 3.07. The quantitative estimate of drug-likeness (QED) is 0.544. The Labute approximate surface area is 212 Å². The lowest BCUT2D eigenvalue weighted by molar-refractivity contribution is -0.143. The number of hydrogen-bond donors (Lipinski definition) is 2. The number of fused-ring (bicyclic) bond motifs is 5. The molecule has 4 nitrogen and oxygen atoms in total. The van der Waals surface area contributed by atoms with Gasteiger partial charge in [-0.15, -0.1) is 0 Å². The topological polar surface area (TPSA) is 58.2 Å². The van der Waals surface area contributed by atoms with Gasteiger partial charge in [0.15, 0.2) is 0 Å². The third-order valence-electron chi connectivity index (χ3n) is 13.5. The van der Waals surface area contributed by atoms with Crippen LogP contribution in [0.15, 0.2) is 0 Å². The molecule has 1 heterocycles. The predicted molar refractivity (Wildman–Crippen MR) is 137 cm³/mol. The summed E-state index contributed by atoms with van der Waals surface area (Å²) in [5.74, 6) is 6.26. The molecular weight excluding hydrogens is 432 g/mol. The molecule has 8 atom stereocenters. The number of rotatable bonds is 3. The van der Waals surface area contributed by atoms with Gasteiger partial charge in [-0.1, -0.05) is 20.8 Å². The summed E-state index contributed by atoms with van der Waals surface area (Å²) in [6, 6.07) is 0.368. The van der Waals surface area contributed by atoms with Crippen LogP contribution >= 0.6 is 0 Å². The second-order valence-corrected chi connectivity index (χ2v) is 15.5. The van der Waals surface area contributed by atoms with Crippen LogP contribution in [0.5, 0.6) is 0 Å². The van der Waals surface area contributed by atoms with Gasteiger partial charge in [-0.2, -0.15) is 0 Å². The van der Waals surface area contributed by atoms with Crippen LogP contribution in [-0.2, 0) is 9.59 Å². The Kier molecular flexibility index (Phi) is 5.10. The number of hydrogen-bond acceptors (Lipinski definition) is 2. The fraction of sp³-hybridized carbons (Fsp3) is 0.935. The van der Waals surface area contributed by atoms with E-state index in [2.05, 4.69) is 31.4 Å². The zero-order valence-corrected chi connectivity index (χ0v) is 22.4. The number of amides is 2. The molecule has 8 fully saturated rings. The van der Waals surface area contributed by atoms with Crippen LogP contribution in [0.4, 0.5) is 0 Å². The first-order valence-electron chi connectivity index (χ1n) is 15.3. The van der Waals surface area contributed by atoms with Crippen molar-refractivity contribution >= 4 is 11.8 Å². The van der Waals surface area contributed by atoms with E-state index in [1.165, 1.54) is 64.2 Å². The van der Waals surface area contributed by atoms with E-state index in [-0.39, 0.29) is 22.7 Å². The molecule has 1 unspecified atom stereocenters. The third kappa shape index (κ3) is 3.36. The van der Waals surface area contributed by atoms with Gasteiger partial charge < -0.3 is 10.6 Å². The molecule has 1 aliphatic heterocycles. The Morgan fingerprint density at radius 2 is 1.60 bits per heavy atom. The smallest absolute Gasteiger partial charge is 0.223 e. The second-order valence-electron chi connectivity index (χ2n) is 15.5. The first-order chi connectivity index (χ1) is 16.7. The maximum atomic E-state index is 13.9. The van der Waals surface area contributed by atoms with Crippen LogP contribution in [0, 0.1) is 63.6 Å². The molecule has 35 heavy (non-hydrogen) atoms. The van der Waals surface area contributed by atoms with Crippen LogP contribution in [-0.4, -0.2) is 24.4 Å². The van der Waals surface area contributed by atoms with Gasteiger partial charge in [0, 0.05) is 24.9 Å². The lowest BCUT2D eigenvalue weighted by Gasteiger charge is -2.60. The van der Waals surface area contributed by atoms with Gasteiger partial charge in [-0.05, 0) is 135 Å². The predicted octanol–water partition coefficient (Wildman–Crippen LogP) is 5.70. The molecule has 0 radical (unpaired) electrons. The fourth-order valence-electron chi connectivity index (χ4n) is 12.5. The zero-order valence-electron chi connectivity index (χ0n) is 22.4. The standard InChI is InChI=1S/C31H48N2O2/c1-18-10-24-22-4-5-25-29(2,9-7-26(34)33-25)23(22)6-8-30(24,3)27(18)28(35)32-17-31-14-19-11-20(15-31)13-21(12-19)16-31/h18-25,27H,4-17H2,1-3H3,(H,32,35)(H,33,34)/t18?,19?,20?,21?,22-,23+,24+,25-,27-,29-,30+,31?/m1/s1. The van der Waals surface area contributed by atoms with Crippen LogP contribution < -0.4 is 10.6 Å². The number of nitrogens with one attached hydrogen (secondary N) is 2. The van der Waals surface area contributed by atoms with Gasteiger partial charge in [0.1, 0.15) is 0 Å². The highest BCUT2D eigenvalue weighted by molar-refractivity contribution is 5.80. The van der Waals surface area contributed by atoms with Gasteiger partial charge in [0.25, 0.3) is 0 Å². The summed E-state index contributed by atoms with van der Waals surface area (Å²) in [6.07, 6.45) is 16.3. The molecule has 2 amide bonds. The molecule has 2 N–H and O–H groups in total. The lowest BCUT2D eigenvalue weighted by Crippen LogP contribution is -2.61. The highest BCUT2D eigenvalue weighted by atomic mass is 16.2. The van der Waals surface area contributed by atoms with Crippen molar-refractivity contribution in [2.45, 2.75) is 110 Å². The van der Waals surface area contributed by atoms with Crippen LogP contribution in [0.3, 0.4) is 0 Å². The van der Waals surface area contributed by atoms with Crippen LogP contribution in [0.2, 0.25) is 0 Å². The Morgan fingerprint density at radius 3 is 2.29 bits per heavy atom. The number of carbonyl (C=O) groups excluding carboxylic acids is 2. The molecule has 0 aromatic carbocycles. The normalized spacial score (nSPS) is 56.1. The Morgan fingerprint density at radius 1 is 0.914 bits per heavy atom. The summed E-state index contributed by atoms with van der Waals surface area (Å²) >= 11 is 0. The molecule has 0 aromatic heterocycles. The van der Waals surface area contributed by atoms with Crippen molar-refractivity contribution in [3.8, 4) is 0 Å². The van der Waals surface area contributed by atoms with Crippen molar-refractivity contribution in [1.29, 1.82) is 0 Å². The molecule has 7 aliphatic carbocycles. The molecular formula is C31H48N2O2. The van der Waals surface area contributed by atoms with E-state index < -0.39 is 0 Å². The molecule has 4 bridgehead atoms. The number of carbonyl (C=O) groups is 2. The summed E-state index contributed by atoms with van der Waals surface area (Å²) in [6.45, 7) is 8.29. The molecule has 0 spiro atoms. The molecule has 0 aromatic rings. The van der Waals surface area contributed by atoms with E-state index in [0.29, 0.717) is 41.5 Å². The Balaban J connectivity index is 1.07. The third-order valence-corrected chi connectivity index (χ3v) is 13.5. The van der Waals surface area contributed by atoms with Gasteiger partial charge in [-0.25, -0.2) is 0 Å². The van der Waals surface area contributed by atoms with E-state index in [1.807, 2.05) is 0 Å². The largest absolute Gasteiger partial charge is 0.355 e. The van der Waals surface area contributed by atoms with E-state index >= 15 is 0 Å². The maximum Gasteiger partial charge on any atom is 0.223 e. The van der Waals surface area contributed by atoms with E-state index in [4.69, 9.17) is 0 Å². The maximum absolute atomic E-state index is 13.9. The van der Waals surface area contributed by atoms with E-state index in [0.717, 1.165) is 43.1 Å². The molecule has 194 valence electrons. The average molecular weight is 481 g/mol. The molecule has 4 heteroatoms. The van der Waals surface area contributed by atoms with Crippen molar-refractivity contribution < 1.29 is 9.59 Å². The van der Waals surface area contributed by atoms with Crippen LogP contribution in [0.1, 0.15) is 104 Å². The Hall–Kier alpha value is -1.06. The van der Waals surface area contributed by atoms with Crippen molar-refractivity contribution in [2.24, 2.45) is 63.6 Å². The van der Waals surface area contributed by atoms with Gasteiger partial charge in [0.2, 0.25) is 11.8 Å². The Bertz CT molecular complexity index is 878. The fourth-order valence-corrected chi connectivity index (χ4v) is 12.5. The van der Waals surface area contributed by atoms with Crippen LogP contribution in [0.25, 0.3) is 0 Å². The van der Waals surface area contributed by atoms with Crippen molar-refractivity contribution in [1.82, 2.24) is 10.6 Å². The van der Waals surface area contributed by atoms with Gasteiger partial charge in [-0.3, -0.25) is 9.59 Å². The summed E-state index contributed by atoms with van der Waals surface area (Å²) < 4.78 is 0. The van der Waals surface area contributed by atoms with Crippen molar-refractivity contribution in [3.63, 3.8) is 0 Å². The van der Waals surface area contributed by atoms with Gasteiger partial charge in [0.05, 0.1) is 0 Å². The highest BCUT2D eigenvalue weighted by Gasteiger charge is 2.63. The first kappa shape index (κ1) is 23.1. The lowest BCUT2D eigenvalue weighted by atomic mass is 9.47. The first-order valence-corrected chi connectivity index (χ1v) is 15.3. The summed E-state index contributed by atoms with van der Waals surface area (Å²) in [4.78, 5) is 26.1. The summed E-state index contributed by atoms with van der Waals surface area (Å²) in [5.41, 5.74) is 0.816. The zero-order chi connectivity index (χ0) is 24.2. The summed E-state index contributed by atoms with van der Waals surface area (Å²) in [5, 5.41) is 6.98. The molecule has 8 rings (SSSR count). The van der Waals surface area contributed by atoms with E-state index in [1.54, 1.807) is 0 Å². The minimum Gasteiger partial charge on any atom is -0.355 e. The second kappa shape index (κ2) is 7.73. The van der Waals surface area contributed by atoms with Crippen molar-refractivity contribution in [2.75, 3.05) is 6.54 Å². The monoisotopic (exact) mass is 480 g/mol. The molecule has 7 saturated carbocycles. The van der Waals surface area contributed by atoms with Gasteiger partial charge >= 0.3 is 0 Å². The molecule has 8 aliphatic rings. The SMILES string of the molecule is CC1C[C@H]2[C@@H]3CC[C@H]4NC(=O)CC[C@]4(C)[C@H]3CC[C@]2(C)[C@H]1C(=O)NCC12CC3CC(CC(C3)C1)C2. The van der Waals surface area contributed by atoms with Crippen molar-refractivity contribution in [3.05, 3.63) is 0 Å². The van der Waals surface area contributed by atoms with E-state index in [9.17, 15) is 9.59 Å². The minimum atomic E-state index is 0.146. The summed E-state index contributed by atoms with van der Waals surface area (Å²) in [7, 11) is 0. The number of piperidine rings is 1. The molecule has 1 saturated heterocycles. The minimum absolute atomic E-state index is 0.146.